The lowest BCUT2D eigenvalue weighted by Crippen LogP contribution is -2.23. The van der Waals surface area contributed by atoms with Gasteiger partial charge in [-0.1, -0.05) is 30.3 Å². The molecule has 0 heterocycles. The van der Waals surface area contributed by atoms with Crippen LogP contribution in [0.5, 0.6) is 0 Å². The maximum absolute atomic E-state index is 12.4. The number of aryl methyl sites for hydroxylation is 1. The normalized spacial score (nSPS) is 10.8. The van der Waals surface area contributed by atoms with E-state index in [9.17, 15) is 4.79 Å². The highest BCUT2D eigenvalue weighted by atomic mass is 32.2. The first-order valence-electron chi connectivity index (χ1n) is 7.65. The SMILES string of the molecule is CSc1ccc(C)c(C(=O)NCc2ccc(CN(C)C)cc2)c1. The Morgan fingerprint density at radius 1 is 1.09 bits per heavy atom. The summed E-state index contributed by atoms with van der Waals surface area (Å²) < 4.78 is 0. The molecule has 122 valence electrons. The van der Waals surface area contributed by atoms with Crippen LogP contribution in [0.1, 0.15) is 27.0 Å². The van der Waals surface area contributed by atoms with Gasteiger partial charge in [-0.3, -0.25) is 4.79 Å². The summed E-state index contributed by atoms with van der Waals surface area (Å²) in [6.45, 7) is 3.44. The number of hydrogen-bond donors (Lipinski definition) is 1. The average Bonchev–Trinajstić information content (AvgIpc) is 2.54. The quantitative estimate of drug-likeness (QED) is 0.821. The fraction of sp³-hybridized carbons (Fsp3) is 0.316. The van der Waals surface area contributed by atoms with Crippen LogP contribution >= 0.6 is 11.8 Å². The van der Waals surface area contributed by atoms with Gasteiger partial charge in [0.15, 0.2) is 0 Å². The van der Waals surface area contributed by atoms with E-state index in [1.54, 1.807) is 11.8 Å². The fourth-order valence-electron chi connectivity index (χ4n) is 2.38. The largest absolute Gasteiger partial charge is 0.348 e. The summed E-state index contributed by atoms with van der Waals surface area (Å²) in [7, 11) is 4.11. The molecule has 0 aromatic heterocycles. The lowest BCUT2D eigenvalue weighted by Gasteiger charge is -2.11. The Balaban J connectivity index is 1.99. The first-order valence-corrected chi connectivity index (χ1v) is 8.87. The van der Waals surface area contributed by atoms with Gasteiger partial charge in [0.2, 0.25) is 0 Å². The molecule has 0 fully saturated rings. The highest BCUT2D eigenvalue weighted by Gasteiger charge is 2.09. The van der Waals surface area contributed by atoms with Gasteiger partial charge >= 0.3 is 0 Å². The third-order valence-electron chi connectivity index (χ3n) is 3.66. The molecular weight excluding hydrogens is 304 g/mol. The molecule has 0 unspecified atom stereocenters. The molecule has 0 saturated carbocycles. The third kappa shape index (κ3) is 5.12. The lowest BCUT2D eigenvalue weighted by molar-refractivity contribution is 0.0950. The molecule has 0 radical (unpaired) electrons. The summed E-state index contributed by atoms with van der Waals surface area (Å²) in [6.07, 6.45) is 2.02. The van der Waals surface area contributed by atoms with E-state index in [1.807, 2.05) is 31.4 Å². The molecule has 0 bridgehead atoms. The number of thioether (sulfide) groups is 1. The summed E-state index contributed by atoms with van der Waals surface area (Å²) in [6, 6.07) is 14.4. The van der Waals surface area contributed by atoms with E-state index in [0.29, 0.717) is 6.54 Å². The van der Waals surface area contributed by atoms with Crippen molar-refractivity contribution >= 4 is 17.7 Å². The lowest BCUT2D eigenvalue weighted by atomic mass is 10.1. The van der Waals surface area contributed by atoms with Crippen molar-refractivity contribution in [2.75, 3.05) is 20.4 Å². The first kappa shape index (κ1) is 17.6. The van der Waals surface area contributed by atoms with Crippen LogP contribution in [0.15, 0.2) is 47.4 Å². The van der Waals surface area contributed by atoms with Crippen LogP contribution in [0.2, 0.25) is 0 Å². The van der Waals surface area contributed by atoms with Crippen molar-refractivity contribution in [2.45, 2.75) is 24.9 Å². The second-order valence-electron chi connectivity index (χ2n) is 5.92. The molecule has 2 aromatic rings. The number of rotatable bonds is 6. The maximum atomic E-state index is 12.4. The smallest absolute Gasteiger partial charge is 0.251 e. The number of amides is 1. The van der Waals surface area contributed by atoms with Crippen LogP contribution in [0.3, 0.4) is 0 Å². The molecule has 0 aliphatic heterocycles. The van der Waals surface area contributed by atoms with Crippen molar-refractivity contribution in [2.24, 2.45) is 0 Å². The van der Waals surface area contributed by atoms with Gasteiger partial charge in [0.1, 0.15) is 0 Å². The van der Waals surface area contributed by atoms with Crippen molar-refractivity contribution in [1.82, 2.24) is 10.2 Å². The predicted octanol–water partition coefficient (Wildman–Crippen LogP) is 3.71. The van der Waals surface area contributed by atoms with E-state index in [-0.39, 0.29) is 5.91 Å². The van der Waals surface area contributed by atoms with Gasteiger partial charge < -0.3 is 10.2 Å². The van der Waals surface area contributed by atoms with E-state index in [0.717, 1.165) is 28.1 Å². The number of nitrogens with zero attached hydrogens (tertiary/aromatic N) is 1. The van der Waals surface area contributed by atoms with E-state index in [2.05, 4.69) is 48.6 Å². The van der Waals surface area contributed by atoms with Gasteiger partial charge in [-0.15, -0.1) is 11.8 Å². The second kappa shape index (κ2) is 8.18. The molecule has 1 N–H and O–H groups in total. The van der Waals surface area contributed by atoms with Gasteiger partial charge in [0.05, 0.1) is 0 Å². The van der Waals surface area contributed by atoms with Crippen LogP contribution in [0.25, 0.3) is 0 Å². The molecule has 2 rings (SSSR count). The summed E-state index contributed by atoms with van der Waals surface area (Å²) in [4.78, 5) is 15.6. The summed E-state index contributed by atoms with van der Waals surface area (Å²) in [5, 5.41) is 3.01. The van der Waals surface area contributed by atoms with E-state index in [1.165, 1.54) is 5.56 Å². The zero-order valence-electron chi connectivity index (χ0n) is 14.2. The molecule has 1 amide bonds. The van der Waals surface area contributed by atoms with Crippen LogP contribution in [-0.2, 0) is 13.1 Å². The van der Waals surface area contributed by atoms with Gasteiger partial charge in [-0.25, -0.2) is 0 Å². The van der Waals surface area contributed by atoms with Gasteiger partial charge in [-0.2, -0.15) is 0 Å². The van der Waals surface area contributed by atoms with Crippen molar-refractivity contribution in [3.8, 4) is 0 Å². The molecule has 0 atom stereocenters. The summed E-state index contributed by atoms with van der Waals surface area (Å²) in [5.41, 5.74) is 4.14. The van der Waals surface area contributed by atoms with E-state index in [4.69, 9.17) is 0 Å². The first-order chi connectivity index (χ1) is 11.0. The number of nitrogens with one attached hydrogen (secondary N) is 1. The minimum Gasteiger partial charge on any atom is -0.348 e. The number of carbonyl (C=O) groups is 1. The van der Waals surface area contributed by atoms with Crippen LogP contribution in [0, 0.1) is 6.92 Å². The minimum atomic E-state index is -0.0178. The molecule has 0 aliphatic carbocycles. The Kier molecular flexibility index (Phi) is 6.25. The van der Waals surface area contributed by atoms with E-state index < -0.39 is 0 Å². The molecule has 4 heteroatoms. The molecule has 0 aliphatic rings. The highest BCUT2D eigenvalue weighted by molar-refractivity contribution is 7.98. The highest BCUT2D eigenvalue weighted by Crippen LogP contribution is 2.19. The summed E-state index contributed by atoms with van der Waals surface area (Å²) >= 11 is 1.65. The Morgan fingerprint density at radius 2 is 1.74 bits per heavy atom. The predicted molar refractivity (Wildman–Crippen MR) is 98.0 cm³/mol. The summed E-state index contributed by atoms with van der Waals surface area (Å²) in [5.74, 6) is -0.0178. The Bertz CT molecular complexity index is 666. The van der Waals surface area contributed by atoms with Crippen LogP contribution < -0.4 is 5.32 Å². The van der Waals surface area contributed by atoms with Crippen LogP contribution in [-0.4, -0.2) is 31.2 Å². The minimum absolute atomic E-state index is 0.0178. The number of hydrogen-bond acceptors (Lipinski definition) is 3. The molecule has 0 spiro atoms. The molecule has 2 aromatic carbocycles. The van der Waals surface area contributed by atoms with Gasteiger partial charge in [0.25, 0.3) is 5.91 Å². The Morgan fingerprint density at radius 3 is 2.35 bits per heavy atom. The second-order valence-corrected chi connectivity index (χ2v) is 6.80. The Hall–Kier alpha value is -1.78. The van der Waals surface area contributed by atoms with Gasteiger partial charge in [0, 0.05) is 23.5 Å². The number of benzene rings is 2. The molecule has 23 heavy (non-hydrogen) atoms. The number of carbonyl (C=O) groups excluding carboxylic acids is 1. The van der Waals surface area contributed by atoms with Crippen molar-refractivity contribution < 1.29 is 4.79 Å². The van der Waals surface area contributed by atoms with Crippen molar-refractivity contribution in [3.05, 3.63) is 64.7 Å². The monoisotopic (exact) mass is 328 g/mol. The molecule has 0 saturated heterocycles. The molecule has 3 nitrogen and oxygen atoms in total. The fourth-order valence-corrected chi connectivity index (χ4v) is 2.82. The van der Waals surface area contributed by atoms with E-state index >= 15 is 0 Å². The van der Waals surface area contributed by atoms with Gasteiger partial charge in [-0.05, 0) is 56.1 Å². The van der Waals surface area contributed by atoms with Crippen molar-refractivity contribution in [1.29, 1.82) is 0 Å². The van der Waals surface area contributed by atoms with Crippen molar-refractivity contribution in [3.63, 3.8) is 0 Å². The zero-order valence-corrected chi connectivity index (χ0v) is 15.0. The third-order valence-corrected chi connectivity index (χ3v) is 4.39. The molecular formula is C19H24N2OS. The Labute approximate surface area is 143 Å². The topological polar surface area (TPSA) is 32.3 Å². The average molecular weight is 328 g/mol. The standard InChI is InChI=1S/C19H24N2OS/c1-14-5-10-17(23-4)11-18(14)19(22)20-12-15-6-8-16(9-7-15)13-21(2)3/h5-11H,12-13H2,1-4H3,(H,20,22). The maximum Gasteiger partial charge on any atom is 0.251 e. The zero-order chi connectivity index (χ0) is 16.8. The van der Waals surface area contributed by atoms with Crippen LogP contribution in [0.4, 0.5) is 0 Å².